The molecule has 4 aromatic rings. The number of rotatable bonds is 5. The highest BCUT2D eigenvalue weighted by Crippen LogP contribution is 2.35. The van der Waals surface area contributed by atoms with Crippen molar-refractivity contribution in [3.8, 4) is 5.88 Å². The average molecular weight is 490 g/mol. The number of aryl methyl sites for hydroxylation is 3. The smallest absolute Gasteiger partial charge is 0.266 e. The van der Waals surface area contributed by atoms with Crippen molar-refractivity contribution in [2.45, 2.75) is 13.8 Å². The third-order valence-corrected chi connectivity index (χ3v) is 6.00. The van der Waals surface area contributed by atoms with Crippen LogP contribution < -0.4 is 15.0 Å². The largest absolute Gasteiger partial charge is 0.466 e. The van der Waals surface area contributed by atoms with E-state index in [4.69, 9.17) is 16.3 Å². The molecule has 1 aliphatic rings. The summed E-state index contributed by atoms with van der Waals surface area (Å²) in [6.45, 7) is 3.55. The first-order valence-electron chi connectivity index (χ1n) is 10.8. The maximum absolute atomic E-state index is 12.7. The zero-order valence-electron chi connectivity index (χ0n) is 19.1. The Morgan fingerprint density at radius 2 is 1.74 bits per heavy atom. The van der Waals surface area contributed by atoms with E-state index in [0.717, 1.165) is 21.5 Å². The molecule has 2 aromatic heterocycles. The van der Waals surface area contributed by atoms with Gasteiger partial charge in [-0.05, 0) is 55.8 Å². The number of hydrogen-bond donors (Lipinski definition) is 1. The molecule has 1 aliphatic heterocycles. The number of nitrogens with one attached hydrogen (secondary N) is 1. The van der Waals surface area contributed by atoms with Gasteiger partial charge in [-0.25, -0.2) is 14.6 Å². The molecule has 0 radical (unpaired) electrons. The lowest BCUT2D eigenvalue weighted by Crippen LogP contribution is -2.29. The number of aromatic nitrogens is 3. The van der Waals surface area contributed by atoms with E-state index < -0.39 is 17.7 Å². The standard InChI is InChI=1S/C25H20ClN5O4/c1-13-10-14(2)27-22-21(13)23(29-30(22)3)35-12-20(32)28-15-8-9-19(18(26)11-15)31-24(33)16-6-4-5-7-17(16)25(31)34/h4-11H,12H2,1-3H3,(H,28,32). The molecule has 0 unspecified atom stereocenters. The molecule has 0 atom stereocenters. The monoisotopic (exact) mass is 489 g/mol. The fourth-order valence-corrected chi connectivity index (χ4v) is 4.42. The third kappa shape index (κ3) is 3.89. The van der Waals surface area contributed by atoms with Crippen LogP contribution in [0.2, 0.25) is 5.02 Å². The van der Waals surface area contributed by atoms with Crippen LogP contribution in [-0.2, 0) is 11.8 Å². The molecule has 10 heteroatoms. The summed E-state index contributed by atoms with van der Waals surface area (Å²) < 4.78 is 7.29. The van der Waals surface area contributed by atoms with Crippen LogP contribution in [0.15, 0.2) is 48.5 Å². The lowest BCUT2D eigenvalue weighted by Gasteiger charge is -2.16. The number of ether oxygens (including phenoxy) is 1. The molecule has 5 rings (SSSR count). The molecule has 176 valence electrons. The molecule has 3 amide bonds. The molecule has 0 aliphatic carbocycles. The maximum Gasteiger partial charge on any atom is 0.266 e. The van der Waals surface area contributed by atoms with Crippen molar-refractivity contribution in [1.29, 1.82) is 0 Å². The van der Waals surface area contributed by atoms with Crippen LogP contribution in [0.25, 0.3) is 11.0 Å². The number of fused-ring (bicyclic) bond motifs is 2. The van der Waals surface area contributed by atoms with Gasteiger partial charge in [0.1, 0.15) is 0 Å². The first-order valence-corrected chi connectivity index (χ1v) is 11.1. The minimum absolute atomic E-state index is 0.144. The van der Waals surface area contributed by atoms with E-state index in [0.29, 0.717) is 28.3 Å². The Balaban J connectivity index is 1.29. The van der Waals surface area contributed by atoms with Gasteiger partial charge in [-0.15, -0.1) is 5.10 Å². The van der Waals surface area contributed by atoms with Crippen LogP contribution in [0.5, 0.6) is 5.88 Å². The first kappa shape index (κ1) is 22.5. The van der Waals surface area contributed by atoms with Crippen molar-refractivity contribution in [2.24, 2.45) is 7.05 Å². The van der Waals surface area contributed by atoms with Crippen LogP contribution >= 0.6 is 11.6 Å². The number of imide groups is 1. The minimum Gasteiger partial charge on any atom is -0.466 e. The topological polar surface area (TPSA) is 106 Å². The van der Waals surface area contributed by atoms with E-state index in [2.05, 4.69) is 15.4 Å². The number of benzene rings is 2. The zero-order chi connectivity index (χ0) is 24.9. The normalized spacial score (nSPS) is 12.9. The molecule has 2 aromatic carbocycles. The van der Waals surface area contributed by atoms with Crippen LogP contribution in [0.4, 0.5) is 11.4 Å². The number of carbonyl (C=O) groups is 3. The first-order chi connectivity index (χ1) is 16.7. The quantitative estimate of drug-likeness (QED) is 0.424. The summed E-state index contributed by atoms with van der Waals surface area (Å²) in [5, 5.41) is 7.93. The summed E-state index contributed by atoms with van der Waals surface area (Å²) in [7, 11) is 1.76. The molecule has 0 saturated heterocycles. The Kier molecular flexibility index (Phi) is 5.49. The van der Waals surface area contributed by atoms with Gasteiger partial charge in [-0.1, -0.05) is 23.7 Å². The highest BCUT2D eigenvalue weighted by molar-refractivity contribution is 6.40. The average Bonchev–Trinajstić information content (AvgIpc) is 3.27. The van der Waals surface area contributed by atoms with Gasteiger partial charge in [-0.3, -0.25) is 14.4 Å². The Bertz CT molecular complexity index is 1510. The van der Waals surface area contributed by atoms with Crippen LogP contribution in [0.1, 0.15) is 32.0 Å². The molecule has 0 bridgehead atoms. The molecule has 9 nitrogen and oxygen atoms in total. The highest BCUT2D eigenvalue weighted by Gasteiger charge is 2.37. The Hall–Kier alpha value is -4.24. The van der Waals surface area contributed by atoms with Crippen molar-refractivity contribution in [1.82, 2.24) is 14.8 Å². The number of carbonyl (C=O) groups excluding carboxylic acids is 3. The van der Waals surface area contributed by atoms with Crippen LogP contribution in [-0.4, -0.2) is 39.1 Å². The van der Waals surface area contributed by atoms with E-state index in [1.165, 1.54) is 12.1 Å². The molecule has 1 N–H and O–H groups in total. The predicted octanol–water partition coefficient (Wildman–Crippen LogP) is 4.06. The lowest BCUT2D eigenvalue weighted by molar-refractivity contribution is -0.118. The number of nitrogens with zero attached hydrogens (tertiary/aromatic N) is 4. The zero-order valence-corrected chi connectivity index (χ0v) is 19.9. The second-order valence-electron chi connectivity index (χ2n) is 8.20. The summed E-state index contributed by atoms with van der Waals surface area (Å²) in [5.41, 5.74) is 3.77. The maximum atomic E-state index is 12.7. The van der Waals surface area contributed by atoms with Crippen molar-refractivity contribution in [3.05, 3.63) is 75.9 Å². The van der Waals surface area contributed by atoms with E-state index in [1.54, 1.807) is 42.1 Å². The van der Waals surface area contributed by atoms with Crippen LogP contribution in [0.3, 0.4) is 0 Å². The van der Waals surface area contributed by atoms with Gasteiger partial charge in [0.05, 0.1) is 27.2 Å². The molecule has 3 heterocycles. The molecule has 0 spiro atoms. The summed E-state index contributed by atoms with van der Waals surface area (Å²) in [6, 6.07) is 13.1. The number of anilines is 2. The van der Waals surface area contributed by atoms with Gasteiger partial charge >= 0.3 is 0 Å². The number of hydrogen-bond acceptors (Lipinski definition) is 6. The van der Waals surface area contributed by atoms with Crippen molar-refractivity contribution in [3.63, 3.8) is 0 Å². The fourth-order valence-electron chi connectivity index (χ4n) is 4.16. The Morgan fingerprint density at radius 1 is 1.06 bits per heavy atom. The van der Waals surface area contributed by atoms with Gasteiger partial charge in [-0.2, -0.15) is 0 Å². The molecule has 35 heavy (non-hydrogen) atoms. The molecular weight excluding hydrogens is 470 g/mol. The lowest BCUT2D eigenvalue weighted by atomic mass is 10.1. The van der Waals surface area contributed by atoms with Gasteiger partial charge in [0.25, 0.3) is 17.7 Å². The third-order valence-electron chi connectivity index (χ3n) is 5.69. The molecule has 0 fully saturated rings. The van der Waals surface area contributed by atoms with Crippen molar-refractivity contribution >= 4 is 51.7 Å². The predicted molar refractivity (Wildman–Crippen MR) is 131 cm³/mol. The van der Waals surface area contributed by atoms with E-state index in [-0.39, 0.29) is 17.3 Å². The van der Waals surface area contributed by atoms with E-state index >= 15 is 0 Å². The van der Waals surface area contributed by atoms with Gasteiger partial charge in [0.2, 0.25) is 5.88 Å². The summed E-state index contributed by atoms with van der Waals surface area (Å²) >= 11 is 6.39. The van der Waals surface area contributed by atoms with Crippen molar-refractivity contribution < 1.29 is 19.1 Å². The van der Waals surface area contributed by atoms with E-state index in [9.17, 15) is 14.4 Å². The van der Waals surface area contributed by atoms with Gasteiger partial charge in [0, 0.05) is 18.4 Å². The highest BCUT2D eigenvalue weighted by atomic mass is 35.5. The fraction of sp³-hybridized carbons (Fsp3) is 0.160. The number of amides is 3. The van der Waals surface area contributed by atoms with Gasteiger partial charge in [0.15, 0.2) is 12.3 Å². The number of pyridine rings is 1. The summed E-state index contributed by atoms with van der Waals surface area (Å²) in [5.74, 6) is -0.992. The van der Waals surface area contributed by atoms with E-state index in [1.807, 2.05) is 19.9 Å². The molecular formula is C25H20ClN5O4. The summed E-state index contributed by atoms with van der Waals surface area (Å²) in [6.07, 6.45) is 0. The molecule has 0 saturated carbocycles. The second-order valence-corrected chi connectivity index (χ2v) is 8.61. The SMILES string of the molecule is Cc1cc(C)c2c(OCC(=O)Nc3ccc(N4C(=O)c5ccccc5C4=O)c(Cl)c3)nn(C)c2n1. The summed E-state index contributed by atoms with van der Waals surface area (Å²) in [4.78, 5) is 43.5. The Labute approximate surface area is 205 Å². The van der Waals surface area contributed by atoms with Crippen LogP contribution in [0, 0.1) is 13.8 Å². The van der Waals surface area contributed by atoms with Gasteiger partial charge < -0.3 is 10.1 Å². The Morgan fingerprint density at radius 3 is 2.40 bits per heavy atom. The number of halogens is 1. The second kappa shape index (κ2) is 8.52. The minimum atomic E-state index is -0.444. The van der Waals surface area contributed by atoms with Crippen molar-refractivity contribution in [2.75, 3.05) is 16.8 Å².